The Morgan fingerprint density at radius 1 is 1.47 bits per heavy atom. The number of halogens is 1. The number of hydrogen-bond donors (Lipinski definition) is 1. The molecule has 0 fully saturated rings. The van der Waals surface area contributed by atoms with Crippen molar-refractivity contribution in [2.45, 2.75) is 20.3 Å². The van der Waals surface area contributed by atoms with Crippen LogP contribution < -0.4 is 5.32 Å². The number of aryl methyl sites for hydroxylation is 3. The Morgan fingerprint density at radius 3 is 2.84 bits per heavy atom. The zero-order valence-electron chi connectivity index (χ0n) is 11.2. The average Bonchev–Trinajstić information content (AvgIpc) is 2.72. The minimum Gasteiger partial charge on any atom is -0.319 e. The molecule has 4 nitrogen and oxygen atoms in total. The van der Waals surface area contributed by atoms with Crippen LogP contribution in [0.15, 0.2) is 28.9 Å². The van der Waals surface area contributed by atoms with Gasteiger partial charge in [-0.05, 0) is 31.0 Å². The first-order chi connectivity index (χ1) is 9.01. The molecule has 0 aliphatic rings. The summed E-state index contributed by atoms with van der Waals surface area (Å²) in [6.07, 6.45) is 2.61. The van der Waals surface area contributed by atoms with E-state index in [0.717, 1.165) is 27.8 Å². The van der Waals surface area contributed by atoms with E-state index >= 15 is 0 Å². The molecular weight excluding hydrogens is 306 g/mol. The first-order valence-electron chi connectivity index (χ1n) is 6.11. The Kier molecular flexibility index (Phi) is 4.04. The number of anilines is 1. The van der Waals surface area contributed by atoms with Crippen LogP contribution in [-0.2, 0) is 13.5 Å². The summed E-state index contributed by atoms with van der Waals surface area (Å²) in [5, 5.41) is 7.20. The Labute approximate surface area is 120 Å². The van der Waals surface area contributed by atoms with E-state index in [-0.39, 0.29) is 5.91 Å². The molecule has 2 aromatic rings. The number of carbonyl (C=O) groups is 1. The number of benzene rings is 1. The van der Waals surface area contributed by atoms with Crippen molar-refractivity contribution in [3.8, 4) is 0 Å². The van der Waals surface area contributed by atoms with Gasteiger partial charge in [-0.25, -0.2) is 0 Å². The van der Waals surface area contributed by atoms with Gasteiger partial charge in [-0.1, -0.05) is 28.9 Å². The fraction of sp³-hybridized carbons (Fsp3) is 0.286. The standard InChI is InChI=1S/C14H16BrN3O/c1-4-12-13(8-18(3)17-12)16-14(19)10-6-5-9(2)11(15)7-10/h5-8H,4H2,1-3H3,(H,16,19). The molecule has 0 atom stereocenters. The average molecular weight is 322 g/mol. The van der Waals surface area contributed by atoms with Gasteiger partial charge in [-0.2, -0.15) is 5.10 Å². The van der Waals surface area contributed by atoms with Crippen LogP contribution in [0.2, 0.25) is 0 Å². The number of carbonyl (C=O) groups excluding carboxylic acids is 1. The second-order valence-corrected chi connectivity index (χ2v) is 5.29. The molecular formula is C14H16BrN3O. The molecule has 1 N–H and O–H groups in total. The molecule has 1 amide bonds. The lowest BCUT2D eigenvalue weighted by atomic mass is 10.1. The quantitative estimate of drug-likeness (QED) is 0.942. The fourth-order valence-corrected chi connectivity index (χ4v) is 2.21. The molecule has 0 unspecified atom stereocenters. The molecule has 0 saturated heterocycles. The van der Waals surface area contributed by atoms with Gasteiger partial charge in [0.2, 0.25) is 0 Å². The number of nitrogens with one attached hydrogen (secondary N) is 1. The van der Waals surface area contributed by atoms with Gasteiger partial charge in [0, 0.05) is 23.3 Å². The lowest BCUT2D eigenvalue weighted by Gasteiger charge is -2.06. The van der Waals surface area contributed by atoms with Crippen molar-refractivity contribution in [2.75, 3.05) is 5.32 Å². The molecule has 2 rings (SSSR count). The third-order valence-corrected chi connectivity index (χ3v) is 3.78. The number of aromatic nitrogens is 2. The first kappa shape index (κ1) is 13.8. The number of nitrogens with zero attached hydrogens (tertiary/aromatic N) is 2. The van der Waals surface area contributed by atoms with E-state index in [1.165, 1.54) is 0 Å². The smallest absolute Gasteiger partial charge is 0.255 e. The zero-order valence-corrected chi connectivity index (χ0v) is 12.8. The van der Waals surface area contributed by atoms with E-state index in [1.54, 1.807) is 4.68 Å². The Bertz CT molecular complexity index is 619. The van der Waals surface area contributed by atoms with Gasteiger partial charge in [0.1, 0.15) is 0 Å². The minimum atomic E-state index is -0.122. The van der Waals surface area contributed by atoms with Crippen molar-refractivity contribution in [3.63, 3.8) is 0 Å². The number of hydrogen-bond acceptors (Lipinski definition) is 2. The SMILES string of the molecule is CCc1nn(C)cc1NC(=O)c1ccc(C)c(Br)c1. The van der Waals surface area contributed by atoms with Gasteiger partial charge >= 0.3 is 0 Å². The zero-order chi connectivity index (χ0) is 14.0. The lowest BCUT2D eigenvalue weighted by Crippen LogP contribution is -2.12. The normalized spacial score (nSPS) is 10.5. The maximum atomic E-state index is 12.2. The molecule has 1 aromatic heterocycles. The third-order valence-electron chi connectivity index (χ3n) is 2.92. The van der Waals surface area contributed by atoms with Gasteiger partial charge in [0.25, 0.3) is 5.91 Å². The number of rotatable bonds is 3. The Balaban J connectivity index is 2.22. The Morgan fingerprint density at radius 2 is 2.21 bits per heavy atom. The number of amides is 1. The highest BCUT2D eigenvalue weighted by Gasteiger charge is 2.12. The van der Waals surface area contributed by atoms with E-state index in [0.29, 0.717) is 5.56 Å². The van der Waals surface area contributed by atoms with Crippen LogP contribution in [0.1, 0.15) is 28.5 Å². The molecule has 1 heterocycles. The van der Waals surface area contributed by atoms with Crippen LogP contribution in [0.25, 0.3) is 0 Å². The second kappa shape index (κ2) is 5.57. The van der Waals surface area contributed by atoms with Crippen molar-refractivity contribution in [1.29, 1.82) is 0 Å². The van der Waals surface area contributed by atoms with Crippen LogP contribution >= 0.6 is 15.9 Å². The van der Waals surface area contributed by atoms with Crippen molar-refractivity contribution < 1.29 is 4.79 Å². The van der Waals surface area contributed by atoms with Crippen LogP contribution in [0.3, 0.4) is 0 Å². The summed E-state index contributed by atoms with van der Waals surface area (Å²) in [7, 11) is 1.84. The van der Waals surface area contributed by atoms with E-state index in [4.69, 9.17) is 0 Å². The summed E-state index contributed by atoms with van der Waals surface area (Å²) in [6.45, 7) is 4.00. The van der Waals surface area contributed by atoms with Gasteiger partial charge in [0.15, 0.2) is 0 Å². The molecule has 100 valence electrons. The molecule has 5 heteroatoms. The highest BCUT2D eigenvalue weighted by molar-refractivity contribution is 9.10. The van der Waals surface area contributed by atoms with E-state index in [9.17, 15) is 4.79 Å². The maximum absolute atomic E-state index is 12.2. The fourth-order valence-electron chi connectivity index (χ4n) is 1.83. The molecule has 0 aliphatic carbocycles. The first-order valence-corrected chi connectivity index (χ1v) is 6.90. The highest BCUT2D eigenvalue weighted by atomic mass is 79.9. The van der Waals surface area contributed by atoms with Gasteiger partial charge in [-0.15, -0.1) is 0 Å². The predicted molar refractivity (Wildman–Crippen MR) is 79.4 cm³/mol. The van der Waals surface area contributed by atoms with Crippen LogP contribution in [0, 0.1) is 6.92 Å². The van der Waals surface area contributed by atoms with E-state index in [2.05, 4.69) is 26.3 Å². The molecule has 19 heavy (non-hydrogen) atoms. The van der Waals surface area contributed by atoms with Gasteiger partial charge in [-0.3, -0.25) is 9.48 Å². The topological polar surface area (TPSA) is 46.9 Å². The third kappa shape index (κ3) is 3.04. The highest BCUT2D eigenvalue weighted by Crippen LogP contribution is 2.19. The van der Waals surface area contributed by atoms with Crippen molar-refractivity contribution in [2.24, 2.45) is 7.05 Å². The predicted octanol–water partition coefficient (Wildman–Crippen LogP) is 3.31. The van der Waals surface area contributed by atoms with Gasteiger partial charge in [0.05, 0.1) is 11.4 Å². The van der Waals surface area contributed by atoms with Crippen molar-refractivity contribution in [3.05, 3.63) is 45.7 Å². The summed E-state index contributed by atoms with van der Waals surface area (Å²) in [4.78, 5) is 12.2. The summed E-state index contributed by atoms with van der Waals surface area (Å²) in [5.74, 6) is -0.122. The largest absolute Gasteiger partial charge is 0.319 e. The van der Waals surface area contributed by atoms with Crippen molar-refractivity contribution >= 4 is 27.5 Å². The monoisotopic (exact) mass is 321 g/mol. The molecule has 0 radical (unpaired) electrons. The minimum absolute atomic E-state index is 0.122. The lowest BCUT2D eigenvalue weighted by molar-refractivity contribution is 0.102. The molecule has 0 aliphatic heterocycles. The van der Waals surface area contributed by atoms with E-state index < -0.39 is 0 Å². The summed E-state index contributed by atoms with van der Waals surface area (Å²) >= 11 is 3.44. The Hall–Kier alpha value is -1.62. The second-order valence-electron chi connectivity index (χ2n) is 4.43. The van der Waals surface area contributed by atoms with Crippen molar-refractivity contribution in [1.82, 2.24) is 9.78 Å². The maximum Gasteiger partial charge on any atom is 0.255 e. The molecule has 0 bridgehead atoms. The summed E-state index contributed by atoms with van der Waals surface area (Å²) in [6, 6.07) is 5.56. The van der Waals surface area contributed by atoms with Gasteiger partial charge < -0.3 is 5.32 Å². The molecule has 0 spiro atoms. The molecule has 0 saturated carbocycles. The van der Waals surface area contributed by atoms with Crippen LogP contribution in [-0.4, -0.2) is 15.7 Å². The van der Waals surface area contributed by atoms with Crippen LogP contribution in [0.4, 0.5) is 5.69 Å². The summed E-state index contributed by atoms with van der Waals surface area (Å²) < 4.78 is 2.64. The van der Waals surface area contributed by atoms with E-state index in [1.807, 2.05) is 45.3 Å². The van der Waals surface area contributed by atoms with Crippen LogP contribution in [0.5, 0.6) is 0 Å². The summed E-state index contributed by atoms with van der Waals surface area (Å²) in [5.41, 5.74) is 3.39. The molecule has 1 aromatic carbocycles.